The van der Waals surface area contributed by atoms with E-state index < -0.39 is 17.7 Å². The minimum absolute atomic E-state index is 0.290. The number of rotatable bonds is 3. The summed E-state index contributed by atoms with van der Waals surface area (Å²) in [6.07, 6.45) is -4.35. The molecule has 0 saturated carbocycles. The highest BCUT2D eigenvalue weighted by molar-refractivity contribution is 5.27. The molecule has 0 amide bonds. The average Bonchev–Trinajstić information content (AvgIpc) is 2.19. The van der Waals surface area contributed by atoms with Crippen LogP contribution in [0.15, 0.2) is 24.3 Å². The molecule has 15 heavy (non-hydrogen) atoms. The number of hydrogen-bond donors (Lipinski definition) is 2. The molecular weight excluding hydrogens is 209 g/mol. The quantitative estimate of drug-likeness (QED) is 0.815. The summed E-state index contributed by atoms with van der Waals surface area (Å²) in [5, 5.41) is 17.7. The Morgan fingerprint density at radius 2 is 1.47 bits per heavy atom. The van der Waals surface area contributed by atoms with Crippen molar-refractivity contribution >= 4 is 0 Å². The van der Waals surface area contributed by atoms with Gasteiger partial charge in [-0.1, -0.05) is 12.1 Å². The van der Waals surface area contributed by atoms with Gasteiger partial charge in [0.2, 0.25) is 0 Å². The molecule has 0 spiro atoms. The van der Waals surface area contributed by atoms with Crippen LogP contribution in [0.3, 0.4) is 0 Å². The van der Waals surface area contributed by atoms with Gasteiger partial charge >= 0.3 is 6.18 Å². The van der Waals surface area contributed by atoms with E-state index in [1.807, 2.05) is 0 Å². The van der Waals surface area contributed by atoms with Gasteiger partial charge in [-0.05, 0) is 17.7 Å². The van der Waals surface area contributed by atoms with Crippen LogP contribution in [0.1, 0.15) is 17.0 Å². The molecular formula is C10H11F3O2. The smallest absolute Gasteiger partial charge is 0.396 e. The molecule has 0 radical (unpaired) electrons. The third-order valence-corrected chi connectivity index (χ3v) is 2.15. The number of aliphatic hydroxyl groups is 2. The Morgan fingerprint density at radius 3 is 1.80 bits per heavy atom. The first-order valence-electron chi connectivity index (χ1n) is 4.38. The van der Waals surface area contributed by atoms with Crippen molar-refractivity contribution < 1.29 is 23.4 Å². The second-order valence-corrected chi connectivity index (χ2v) is 3.18. The van der Waals surface area contributed by atoms with Crippen LogP contribution >= 0.6 is 0 Å². The molecule has 0 heterocycles. The van der Waals surface area contributed by atoms with Crippen LogP contribution in [0, 0.1) is 0 Å². The second-order valence-electron chi connectivity index (χ2n) is 3.18. The minimum atomic E-state index is -4.35. The second kappa shape index (κ2) is 4.63. The monoisotopic (exact) mass is 220 g/mol. The van der Waals surface area contributed by atoms with Gasteiger partial charge in [-0.25, -0.2) is 0 Å². The van der Waals surface area contributed by atoms with Crippen LogP contribution in [0.2, 0.25) is 0 Å². The zero-order chi connectivity index (χ0) is 11.5. The van der Waals surface area contributed by atoms with Crippen molar-refractivity contribution in [2.75, 3.05) is 13.2 Å². The number of aliphatic hydroxyl groups excluding tert-OH is 2. The Labute approximate surface area is 85.0 Å². The Kier molecular flexibility index (Phi) is 3.71. The largest absolute Gasteiger partial charge is 0.416 e. The van der Waals surface area contributed by atoms with Crippen molar-refractivity contribution in [3.05, 3.63) is 35.4 Å². The summed E-state index contributed by atoms with van der Waals surface area (Å²) in [6, 6.07) is 4.40. The van der Waals surface area contributed by atoms with E-state index in [4.69, 9.17) is 10.2 Å². The topological polar surface area (TPSA) is 40.5 Å². The van der Waals surface area contributed by atoms with E-state index in [-0.39, 0.29) is 13.2 Å². The Bertz CT molecular complexity index is 301. The molecule has 84 valence electrons. The lowest BCUT2D eigenvalue weighted by Gasteiger charge is -2.12. The van der Waals surface area contributed by atoms with Crippen molar-refractivity contribution in [2.24, 2.45) is 0 Å². The summed E-state index contributed by atoms with van der Waals surface area (Å²) in [4.78, 5) is 0. The van der Waals surface area contributed by atoms with Gasteiger partial charge in [-0.15, -0.1) is 0 Å². The van der Waals surface area contributed by atoms with Gasteiger partial charge in [0.25, 0.3) is 0 Å². The maximum atomic E-state index is 12.2. The molecule has 0 unspecified atom stereocenters. The van der Waals surface area contributed by atoms with Gasteiger partial charge in [-0.3, -0.25) is 0 Å². The normalized spacial score (nSPS) is 12.1. The lowest BCUT2D eigenvalue weighted by molar-refractivity contribution is -0.137. The molecule has 2 N–H and O–H groups in total. The van der Waals surface area contributed by atoms with Crippen LogP contribution in [-0.4, -0.2) is 23.4 Å². The van der Waals surface area contributed by atoms with Gasteiger partial charge in [0.05, 0.1) is 18.8 Å². The molecule has 0 aliphatic heterocycles. The van der Waals surface area contributed by atoms with Crippen molar-refractivity contribution in [1.29, 1.82) is 0 Å². The predicted octanol–water partition coefficient (Wildman–Crippen LogP) is 1.77. The molecule has 0 aliphatic carbocycles. The first-order chi connectivity index (χ1) is 6.99. The summed E-state index contributed by atoms with van der Waals surface area (Å²) in [5.74, 6) is -0.521. The van der Waals surface area contributed by atoms with Crippen molar-refractivity contribution in [2.45, 2.75) is 12.1 Å². The van der Waals surface area contributed by atoms with E-state index in [1.54, 1.807) is 0 Å². The molecule has 0 atom stereocenters. The molecule has 1 aromatic carbocycles. The van der Waals surface area contributed by atoms with E-state index in [9.17, 15) is 13.2 Å². The Hall–Kier alpha value is -1.07. The lowest BCUT2D eigenvalue weighted by atomic mass is 9.99. The molecule has 0 aromatic heterocycles. The fourth-order valence-electron chi connectivity index (χ4n) is 1.21. The SMILES string of the molecule is OCC(CO)c1ccc(C(F)(F)F)cc1. The number of halogens is 3. The maximum absolute atomic E-state index is 12.2. The van der Waals surface area contributed by atoms with Crippen LogP contribution in [0.5, 0.6) is 0 Å². The van der Waals surface area contributed by atoms with E-state index >= 15 is 0 Å². The van der Waals surface area contributed by atoms with Crippen molar-refractivity contribution in [1.82, 2.24) is 0 Å². The molecule has 5 heteroatoms. The first-order valence-corrected chi connectivity index (χ1v) is 4.38. The molecule has 0 bridgehead atoms. The highest BCUT2D eigenvalue weighted by atomic mass is 19.4. The van der Waals surface area contributed by atoms with Gasteiger partial charge in [-0.2, -0.15) is 13.2 Å². The maximum Gasteiger partial charge on any atom is 0.416 e. The van der Waals surface area contributed by atoms with Crippen LogP contribution in [0.4, 0.5) is 13.2 Å². The van der Waals surface area contributed by atoms with Crippen molar-refractivity contribution in [3.8, 4) is 0 Å². The molecule has 0 fully saturated rings. The van der Waals surface area contributed by atoms with Gasteiger partial charge in [0.15, 0.2) is 0 Å². The lowest BCUT2D eigenvalue weighted by Crippen LogP contribution is -2.10. The zero-order valence-corrected chi connectivity index (χ0v) is 7.83. The standard InChI is InChI=1S/C10H11F3O2/c11-10(12,13)9-3-1-7(2-4-9)8(5-14)6-15/h1-4,8,14-15H,5-6H2. The van der Waals surface area contributed by atoms with Crippen molar-refractivity contribution in [3.63, 3.8) is 0 Å². The third kappa shape index (κ3) is 2.94. The predicted molar refractivity (Wildman–Crippen MR) is 48.4 cm³/mol. The Morgan fingerprint density at radius 1 is 1.00 bits per heavy atom. The molecule has 1 aromatic rings. The summed E-state index contributed by atoms with van der Waals surface area (Å²) in [7, 11) is 0. The van der Waals surface area contributed by atoms with E-state index in [0.717, 1.165) is 12.1 Å². The molecule has 1 rings (SSSR count). The fraction of sp³-hybridized carbons (Fsp3) is 0.400. The molecule has 0 saturated heterocycles. The van der Waals surface area contributed by atoms with E-state index in [1.165, 1.54) is 12.1 Å². The van der Waals surface area contributed by atoms with Crippen LogP contribution in [-0.2, 0) is 6.18 Å². The van der Waals surface area contributed by atoms with Crippen LogP contribution in [0.25, 0.3) is 0 Å². The van der Waals surface area contributed by atoms with Gasteiger partial charge in [0.1, 0.15) is 0 Å². The van der Waals surface area contributed by atoms with Crippen LogP contribution < -0.4 is 0 Å². The van der Waals surface area contributed by atoms with E-state index in [0.29, 0.717) is 5.56 Å². The third-order valence-electron chi connectivity index (χ3n) is 2.15. The summed E-state index contributed by atoms with van der Waals surface area (Å²) in [6.45, 7) is -0.580. The first kappa shape index (κ1) is 12.0. The minimum Gasteiger partial charge on any atom is -0.396 e. The summed E-state index contributed by atoms with van der Waals surface area (Å²) < 4.78 is 36.6. The average molecular weight is 220 g/mol. The van der Waals surface area contributed by atoms with Gasteiger partial charge in [0, 0.05) is 5.92 Å². The highest BCUT2D eigenvalue weighted by Gasteiger charge is 2.30. The summed E-state index contributed by atoms with van der Waals surface area (Å²) in [5.41, 5.74) is -0.242. The Balaban J connectivity index is 2.89. The summed E-state index contributed by atoms with van der Waals surface area (Å²) >= 11 is 0. The van der Waals surface area contributed by atoms with E-state index in [2.05, 4.69) is 0 Å². The number of hydrogen-bond acceptors (Lipinski definition) is 2. The number of alkyl halides is 3. The highest BCUT2D eigenvalue weighted by Crippen LogP contribution is 2.30. The number of benzene rings is 1. The van der Waals surface area contributed by atoms with Gasteiger partial charge < -0.3 is 10.2 Å². The molecule has 2 nitrogen and oxygen atoms in total. The zero-order valence-electron chi connectivity index (χ0n) is 7.83. The fourth-order valence-corrected chi connectivity index (χ4v) is 1.21. The molecule has 0 aliphatic rings.